The molecule has 0 atom stereocenters. The molecule has 1 aromatic carbocycles. The molecule has 2 heterocycles. The van der Waals surface area contributed by atoms with Crippen molar-refractivity contribution in [2.75, 3.05) is 10.6 Å². The minimum Gasteiger partial charge on any atom is -0.363 e. The molecule has 0 aliphatic heterocycles. The van der Waals surface area contributed by atoms with Crippen LogP contribution in [0, 0.1) is 5.41 Å². The van der Waals surface area contributed by atoms with Crippen molar-refractivity contribution in [1.29, 1.82) is 5.41 Å². The lowest BCUT2D eigenvalue weighted by Gasteiger charge is -2.14. The van der Waals surface area contributed by atoms with Crippen molar-refractivity contribution in [3.05, 3.63) is 68.2 Å². The van der Waals surface area contributed by atoms with Gasteiger partial charge < -0.3 is 16.0 Å². The standard InChI is InChI=1S/C18H15Cl2N5OS/c1-10(21)15-16(20)13(18(26)25-12-4-2-11(19)3-5-12)8-23-17(15)24-9-14-22-6-7-27-14/h2-8,21H,9H2,1H3,(H,23,24)(H,25,26). The monoisotopic (exact) mass is 419 g/mol. The largest absolute Gasteiger partial charge is 0.363 e. The first-order valence-electron chi connectivity index (χ1n) is 7.89. The third kappa shape index (κ3) is 4.63. The predicted octanol–water partition coefficient (Wildman–Crippen LogP) is 5.10. The van der Waals surface area contributed by atoms with Gasteiger partial charge in [0.25, 0.3) is 5.91 Å². The lowest BCUT2D eigenvalue weighted by atomic mass is 10.1. The van der Waals surface area contributed by atoms with Gasteiger partial charge in [-0.1, -0.05) is 23.2 Å². The number of rotatable bonds is 6. The highest BCUT2D eigenvalue weighted by Gasteiger charge is 2.20. The number of carbonyl (C=O) groups excluding carboxylic acids is 1. The molecule has 27 heavy (non-hydrogen) atoms. The maximum absolute atomic E-state index is 12.6. The first-order valence-corrected chi connectivity index (χ1v) is 9.52. The van der Waals surface area contributed by atoms with E-state index in [1.54, 1.807) is 37.4 Å². The zero-order valence-corrected chi connectivity index (χ0v) is 16.5. The second kappa shape index (κ2) is 8.47. The summed E-state index contributed by atoms with van der Waals surface area (Å²) in [7, 11) is 0. The Morgan fingerprint density at radius 3 is 2.59 bits per heavy atom. The van der Waals surface area contributed by atoms with Crippen LogP contribution in [0.3, 0.4) is 0 Å². The van der Waals surface area contributed by atoms with E-state index in [1.807, 2.05) is 5.38 Å². The molecule has 0 saturated heterocycles. The van der Waals surface area contributed by atoms with Crippen LogP contribution in [0.2, 0.25) is 10.0 Å². The van der Waals surface area contributed by atoms with E-state index in [-0.39, 0.29) is 16.3 Å². The summed E-state index contributed by atoms with van der Waals surface area (Å²) >= 11 is 13.8. The molecule has 0 bridgehead atoms. The van der Waals surface area contributed by atoms with Gasteiger partial charge in [0.2, 0.25) is 0 Å². The Morgan fingerprint density at radius 2 is 1.96 bits per heavy atom. The third-order valence-corrected chi connectivity index (χ3v) is 5.05. The normalized spacial score (nSPS) is 10.5. The smallest absolute Gasteiger partial charge is 0.258 e. The average Bonchev–Trinajstić information content (AvgIpc) is 3.15. The highest BCUT2D eigenvalue weighted by molar-refractivity contribution is 7.09. The van der Waals surface area contributed by atoms with Gasteiger partial charge in [-0.25, -0.2) is 9.97 Å². The van der Waals surface area contributed by atoms with Crippen molar-refractivity contribution in [2.45, 2.75) is 13.5 Å². The molecule has 1 amide bonds. The van der Waals surface area contributed by atoms with Crippen molar-refractivity contribution >= 4 is 57.7 Å². The fraction of sp³-hybridized carbons (Fsp3) is 0.111. The molecule has 0 unspecified atom stereocenters. The van der Waals surface area contributed by atoms with E-state index in [0.29, 0.717) is 28.6 Å². The zero-order valence-electron chi connectivity index (χ0n) is 14.2. The van der Waals surface area contributed by atoms with Crippen LogP contribution in [0.5, 0.6) is 0 Å². The number of anilines is 2. The molecular weight excluding hydrogens is 405 g/mol. The SMILES string of the molecule is CC(=N)c1c(NCc2nccs2)ncc(C(=O)Nc2ccc(Cl)cc2)c1Cl. The van der Waals surface area contributed by atoms with E-state index in [9.17, 15) is 4.79 Å². The molecule has 9 heteroatoms. The predicted molar refractivity (Wildman–Crippen MR) is 111 cm³/mol. The van der Waals surface area contributed by atoms with Gasteiger partial charge in [0.05, 0.1) is 22.7 Å². The molecule has 0 spiro atoms. The molecule has 3 rings (SSSR count). The summed E-state index contributed by atoms with van der Waals surface area (Å²) in [6, 6.07) is 6.73. The number of nitrogens with one attached hydrogen (secondary N) is 3. The fourth-order valence-electron chi connectivity index (χ4n) is 2.35. The van der Waals surface area contributed by atoms with Crippen LogP contribution >= 0.6 is 34.5 Å². The number of aromatic nitrogens is 2. The molecular formula is C18H15Cl2N5OS. The summed E-state index contributed by atoms with van der Waals surface area (Å²) in [5.41, 5.74) is 1.36. The molecule has 6 nitrogen and oxygen atoms in total. The number of hydrogen-bond acceptors (Lipinski definition) is 6. The van der Waals surface area contributed by atoms with Crippen molar-refractivity contribution in [3.63, 3.8) is 0 Å². The summed E-state index contributed by atoms with van der Waals surface area (Å²) in [6.07, 6.45) is 3.11. The average molecular weight is 420 g/mol. The highest BCUT2D eigenvalue weighted by atomic mass is 35.5. The molecule has 2 aromatic heterocycles. The molecule has 0 aliphatic carbocycles. The lowest BCUT2D eigenvalue weighted by molar-refractivity contribution is 0.102. The van der Waals surface area contributed by atoms with Crippen LogP contribution in [0.15, 0.2) is 42.0 Å². The van der Waals surface area contributed by atoms with Gasteiger partial charge in [0, 0.05) is 34.2 Å². The minimum absolute atomic E-state index is 0.172. The van der Waals surface area contributed by atoms with E-state index in [1.165, 1.54) is 17.5 Å². The Hall–Kier alpha value is -2.48. The van der Waals surface area contributed by atoms with E-state index in [0.717, 1.165) is 5.01 Å². The van der Waals surface area contributed by atoms with Gasteiger partial charge in [-0.05, 0) is 31.2 Å². The Balaban J connectivity index is 1.85. The van der Waals surface area contributed by atoms with Crippen LogP contribution in [0.25, 0.3) is 0 Å². The summed E-state index contributed by atoms with van der Waals surface area (Å²) in [6.45, 7) is 2.05. The third-order valence-electron chi connectivity index (χ3n) is 3.63. The number of halogens is 2. The van der Waals surface area contributed by atoms with Gasteiger partial charge in [0.1, 0.15) is 10.8 Å². The lowest BCUT2D eigenvalue weighted by Crippen LogP contribution is -2.16. The van der Waals surface area contributed by atoms with Crippen molar-refractivity contribution in [3.8, 4) is 0 Å². The number of carbonyl (C=O) groups is 1. The Labute approximate surface area is 170 Å². The summed E-state index contributed by atoms with van der Waals surface area (Å²) < 4.78 is 0. The number of nitrogens with zero attached hydrogens (tertiary/aromatic N) is 2. The number of benzene rings is 1. The number of amides is 1. The van der Waals surface area contributed by atoms with Crippen molar-refractivity contribution in [1.82, 2.24) is 9.97 Å². The number of pyridine rings is 1. The van der Waals surface area contributed by atoms with Crippen LogP contribution in [-0.4, -0.2) is 21.6 Å². The molecule has 0 aliphatic rings. The van der Waals surface area contributed by atoms with Gasteiger partial charge in [-0.15, -0.1) is 11.3 Å². The molecule has 0 radical (unpaired) electrons. The van der Waals surface area contributed by atoms with E-state index in [2.05, 4.69) is 20.6 Å². The van der Waals surface area contributed by atoms with Gasteiger partial charge >= 0.3 is 0 Å². The van der Waals surface area contributed by atoms with E-state index >= 15 is 0 Å². The van der Waals surface area contributed by atoms with Crippen LogP contribution in [0.4, 0.5) is 11.5 Å². The first kappa shape index (κ1) is 19.3. The molecule has 0 saturated carbocycles. The molecule has 3 aromatic rings. The fourth-order valence-corrected chi connectivity index (χ4v) is 3.40. The van der Waals surface area contributed by atoms with Crippen molar-refractivity contribution in [2.24, 2.45) is 0 Å². The molecule has 0 fully saturated rings. The number of thiazole rings is 1. The Morgan fingerprint density at radius 1 is 1.22 bits per heavy atom. The second-order valence-corrected chi connectivity index (χ2v) is 7.37. The second-order valence-electron chi connectivity index (χ2n) is 5.57. The maximum Gasteiger partial charge on any atom is 0.258 e. The zero-order chi connectivity index (χ0) is 19.4. The minimum atomic E-state index is -0.413. The summed E-state index contributed by atoms with van der Waals surface area (Å²) in [4.78, 5) is 21.1. The van der Waals surface area contributed by atoms with Crippen molar-refractivity contribution < 1.29 is 4.79 Å². The maximum atomic E-state index is 12.6. The molecule has 3 N–H and O–H groups in total. The summed E-state index contributed by atoms with van der Waals surface area (Å²) in [5.74, 6) is 0.0227. The van der Waals surface area contributed by atoms with E-state index < -0.39 is 5.91 Å². The summed E-state index contributed by atoms with van der Waals surface area (Å²) in [5, 5.41) is 17.4. The van der Waals surface area contributed by atoms with Crippen LogP contribution in [0.1, 0.15) is 27.9 Å². The first-order chi connectivity index (χ1) is 13.0. The quantitative estimate of drug-likeness (QED) is 0.484. The van der Waals surface area contributed by atoms with Crippen LogP contribution in [-0.2, 0) is 6.54 Å². The Bertz CT molecular complexity index is 974. The van der Waals surface area contributed by atoms with Gasteiger partial charge in [0.15, 0.2) is 0 Å². The van der Waals surface area contributed by atoms with Crippen LogP contribution < -0.4 is 10.6 Å². The Kier molecular flexibility index (Phi) is 6.05. The van der Waals surface area contributed by atoms with Gasteiger partial charge in [-0.3, -0.25) is 4.79 Å². The van der Waals surface area contributed by atoms with E-state index in [4.69, 9.17) is 28.6 Å². The number of hydrogen-bond donors (Lipinski definition) is 3. The topological polar surface area (TPSA) is 90.8 Å². The van der Waals surface area contributed by atoms with Gasteiger partial charge in [-0.2, -0.15) is 0 Å². The highest BCUT2D eigenvalue weighted by Crippen LogP contribution is 2.28. The molecule has 138 valence electrons.